The van der Waals surface area contributed by atoms with E-state index in [1.54, 1.807) is 48.5 Å². The Bertz CT molecular complexity index is 685. The van der Waals surface area contributed by atoms with E-state index in [2.05, 4.69) is 5.32 Å². The largest absolute Gasteiger partial charge is 0.493 e. The lowest BCUT2D eigenvalue weighted by Gasteiger charge is -2.11. The molecule has 0 atom stereocenters. The summed E-state index contributed by atoms with van der Waals surface area (Å²) in [4.78, 5) is 23.2. The quantitative estimate of drug-likeness (QED) is 0.851. The van der Waals surface area contributed by atoms with Gasteiger partial charge >= 0.3 is 0 Å². The zero-order valence-corrected chi connectivity index (χ0v) is 12.0. The van der Waals surface area contributed by atoms with Crippen LogP contribution in [0.5, 0.6) is 11.5 Å². The van der Waals surface area contributed by atoms with Crippen LogP contribution < -0.4 is 20.5 Å². The molecule has 0 aliphatic carbocycles. The highest BCUT2D eigenvalue weighted by atomic mass is 16.5. The summed E-state index contributed by atoms with van der Waals surface area (Å²) in [7, 11) is 1.52. The molecule has 0 radical (unpaired) electrons. The standard InChI is InChI=1S/C16H16N2O4/c1-21-13-8-4-5-9-14(13)22-10-15(19)18-12-7-3-2-6-11(12)16(17)20/h2-9H,10H2,1H3,(H2,17,20)(H,18,19). The van der Waals surface area contributed by atoms with Crippen LogP contribution in [0.1, 0.15) is 10.4 Å². The van der Waals surface area contributed by atoms with Gasteiger partial charge in [-0.05, 0) is 24.3 Å². The fraction of sp³-hybridized carbons (Fsp3) is 0.125. The van der Waals surface area contributed by atoms with Gasteiger partial charge in [0.15, 0.2) is 18.1 Å². The minimum atomic E-state index is -0.610. The van der Waals surface area contributed by atoms with Crippen LogP contribution in [0.25, 0.3) is 0 Å². The number of carbonyl (C=O) groups excluding carboxylic acids is 2. The number of nitrogens with two attached hydrogens (primary N) is 1. The molecule has 2 rings (SSSR count). The van der Waals surface area contributed by atoms with Gasteiger partial charge in [0.2, 0.25) is 0 Å². The Morgan fingerprint density at radius 2 is 1.68 bits per heavy atom. The number of methoxy groups -OCH3 is 1. The third-order valence-corrected chi connectivity index (χ3v) is 2.89. The molecule has 114 valence electrons. The molecule has 22 heavy (non-hydrogen) atoms. The Morgan fingerprint density at radius 3 is 2.36 bits per heavy atom. The molecule has 0 saturated heterocycles. The molecule has 0 fully saturated rings. The van der Waals surface area contributed by atoms with E-state index in [-0.39, 0.29) is 12.2 Å². The number of hydrogen-bond donors (Lipinski definition) is 2. The van der Waals surface area contributed by atoms with Crippen molar-refractivity contribution in [2.45, 2.75) is 0 Å². The molecule has 0 aliphatic heterocycles. The second-order valence-electron chi connectivity index (χ2n) is 4.40. The van der Waals surface area contributed by atoms with E-state index >= 15 is 0 Å². The van der Waals surface area contributed by atoms with Gasteiger partial charge in [0, 0.05) is 0 Å². The molecule has 0 bridgehead atoms. The molecule has 2 aromatic rings. The number of rotatable bonds is 6. The molecule has 6 nitrogen and oxygen atoms in total. The summed E-state index contributed by atoms with van der Waals surface area (Å²) in [6.07, 6.45) is 0. The van der Waals surface area contributed by atoms with Crippen LogP contribution in [0.15, 0.2) is 48.5 Å². The van der Waals surface area contributed by atoms with Crippen molar-refractivity contribution in [3.05, 3.63) is 54.1 Å². The average Bonchev–Trinajstić information content (AvgIpc) is 2.53. The van der Waals surface area contributed by atoms with Crippen LogP contribution in [-0.2, 0) is 4.79 Å². The van der Waals surface area contributed by atoms with Crippen molar-refractivity contribution < 1.29 is 19.1 Å². The zero-order chi connectivity index (χ0) is 15.9. The number of primary amides is 1. The van der Waals surface area contributed by atoms with Crippen LogP contribution in [-0.4, -0.2) is 25.5 Å². The van der Waals surface area contributed by atoms with Gasteiger partial charge in [0.25, 0.3) is 11.8 Å². The predicted octanol–water partition coefficient (Wildman–Crippen LogP) is 1.81. The summed E-state index contributed by atoms with van der Waals surface area (Å²) in [5, 5.41) is 2.59. The fourth-order valence-electron chi connectivity index (χ4n) is 1.87. The van der Waals surface area contributed by atoms with Gasteiger partial charge in [-0.15, -0.1) is 0 Å². The highest BCUT2D eigenvalue weighted by molar-refractivity contribution is 6.03. The Kier molecular flexibility index (Phi) is 4.98. The lowest BCUT2D eigenvalue weighted by atomic mass is 10.1. The Morgan fingerprint density at radius 1 is 1.05 bits per heavy atom. The van der Waals surface area contributed by atoms with E-state index in [9.17, 15) is 9.59 Å². The molecular formula is C16H16N2O4. The van der Waals surface area contributed by atoms with Crippen LogP contribution in [0.2, 0.25) is 0 Å². The number of nitrogens with one attached hydrogen (secondary N) is 1. The molecule has 0 heterocycles. The van der Waals surface area contributed by atoms with E-state index < -0.39 is 11.8 Å². The summed E-state index contributed by atoms with van der Waals surface area (Å²) in [6, 6.07) is 13.5. The van der Waals surface area contributed by atoms with Gasteiger partial charge < -0.3 is 20.5 Å². The molecular weight excluding hydrogens is 284 g/mol. The van der Waals surface area contributed by atoms with Gasteiger partial charge in [0.1, 0.15) is 0 Å². The monoisotopic (exact) mass is 300 g/mol. The van der Waals surface area contributed by atoms with Gasteiger partial charge in [-0.25, -0.2) is 0 Å². The third kappa shape index (κ3) is 3.76. The molecule has 3 N–H and O–H groups in total. The zero-order valence-electron chi connectivity index (χ0n) is 12.0. The van der Waals surface area contributed by atoms with Crippen molar-refractivity contribution in [2.75, 3.05) is 19.0 Å². The summed E-state index contributed by atoms with van der Waals surface area (Å²) in [6.45, 7) is -0.215. The second-order valence-corrected chi connectivity index (χ2v) is 4.40. The van der Waals surface area contributed by atoms with E-state index in [0.717, 1.165) is 0 Å². The number of ether oxygens (including phenoxy) is 2. The summed E-state index contributed by atoms with van der Waals surface area (Å²) in [5.41, 5.74) is 5.85. The molecule has 0 aromatic heterocycles. The lowest BCUT2D eigenvalue weighted by molar-refractivity contribution is -0.118. The molecule has 0 unspecified atom stereocenters. The molecule has 0 aliphatic rings. The normalized spacial score (nSPS) is 9.86. The maximum absolute atomic E-state index is 11.9. The molecule has 6 heteroatoms. The van der Waals surface area contributed by atoms with Crippen molar-refractivity contribution in [2.24, 2.45) is 5.73 Å². The summed E-state index contributed by atoms with van der Waals surface area (Å²) >= 11 is 0. The highest BCUT2D eigenvalue weighted by Crippen LogP contribution is 2.25. The first-order valence-corrected chi connectivity index (χ1v) is 6.56. The topological polar surface area (TPSA) is 90.7 Å². The first-order chi connectivity index (χ1) is 10.6. The van der Waals surface area contributed by atoms with Crippen molar-refractivity contribution in [3.63, 3.8) is 0 Å². The van der Waals surface area contributed by atoms with Crippen molar-refractivity contribution in [1.29, 1.82) is 0 Å². The van der Waals surface area contributed by atoms with Crippen LogP contribution in [0, 0.1) is 0 Å². The Balaban J connectivity index is 2.01. The predicted molar refractivity (Wildman–Crippen MR) is 82.1 cm³/mol. The van der Waals surface area contributed by atoms with Crippen molar-refractivity contribution in [3.8, 4) is 11.5 Å². The smallest absolute Gasteiger partial charge is 0.262 e. The minimum absolute atomic E-state index is 0.215. The van der Waals surface area contributed by atoms with Gasteiger partial charge in [-0.2, -0.15) is 0 Å². The van der Waals surface area contributed by atoms with E-state index in [1.807, 2.05) is 0 Å². The van der Waals surface area contributed by atoms with E-state index in [0.29, 0.717) is 17.2 Å². The number of anilines is 1. The third-order valence-electron chi connectivity index (χ3n) is 2.89. The molecule has 0 spiro atoms. The van der Waals surface area contributed by atoms with Gasteiger partial charge in [-0.1, -0.05) is 24.3 Å². The minimum Gasteiger partial charge on any atom is -0.493 e. The second kappa shape index (κ2) is 7.12. The summed E-state index contributed by atoms with van der Waals surface area (Å²) < 4.78 is 10.5. The summed E-state index contributed by atoms with van der Waals surface area (Å²) in [5.74, 6) is -0.0164. The first kappa shape index (κ1) is 15.4. The first-order valence-electron chi connectivity index (χ1n) is 6.56. The lowest BCUT2D eigenvalue weighted by Crippen LogP contribution is -2.23. The number of hydrogen-bond acceptors (Lipinski definition) is 4. The van der Waals surface area contributed by atoms with Crippen LogP contribution in [0.4, 0.5) is 5.69 Å². The van der Waals surface area contributed by atoms with E-state index in [4.69, 9.17) is 15.2 Å². The average molecular weight is 300 g/mol. The van der Waals surface area contributed by atoms with Gasteiger partial charge in [0.05, 0.1) is 18.4 Å². The number of amides is 2. The Labute approximate surface area is 127 Å². The van der Waals surface area contributed by atoms with Crippen LogP contribution in [0.3, 0.4) is 0 Å². The number of carbonyl (C=O) groups is 2. The molecule has 2 amide bonds. The van der Waals surface area contributed by atoms with Crippen LogP contribution >= 0.6 is 0 Å². The SMILES string of the molecule is COc1ccccc1OCC(=O)Nc1ccccc1C(N)=O. The highest BCUT2D eigenvalue weighted by Gasteiger charge is 2.11. The molecule has 0 saturated carbocycles. The molecule has 2 aromatic carbocycles. The number of benzene rings is 2. The van der Waals surface area contributed by atoms with Crippen molar-refractivity contribution in [1.82, 2.24) is 0 Å². The maximum Gasteiger partial charge on any atom is 0.262 e. The Hall–Kier alpha value is -3.02. The maximum atomic E-state index is 11.9. The van der Waals surface area contributed by atoms with Crippen molar-refractivity contribution >= 4 is 17.5 Å². The van der Waals surface area contributed by atoms with Gasteiger partial charge in [-0.3, -0.25) is 9.59 Å². The fourth-order valence-corrected chi connectivity index (χ4v) is 1.87. The van der Waals surface area contributed by atoms with E-state index in [1.165, 1.54) is 7.11 Å². The number of para-hydroxylation sites is 3.